The van der Waals surface area contributed by atoms with Gasteiger partial charge in [0.05, 0.1) is 11.3 Å². The number of nitrogens with zero attached hydrogens (tertiary/aromatic N) is 5. The molecule has 4 rings (SSSR count). The number of hydrogen-bond acceptors (Lipinski definition) is 5. The molecule has 0 radical (unpaired) electrons. The standard InChI is InChI=1S/C16H19BrN6O/c1-10(2)22-7-5-16(6-8-22)15-19-20-21-23(15)13-4-3-11(17)9-12(13)14(24)18-16/h3-4,9-10H,5-8H2,1-2H3,(H,18,24). The van der Waals surface area contributed by atoms with E-state index in [0.717, 1.165) is 41.9 Å². The zero-order chi connectivity index (χ0) is 16.9. The Kier molecular flexibility index (Phi) is 3.69. The lowest BCUT2D eigenvalue weighted by Crippen LogP contribution is -2.54. The molecular weight excluding hydrogens is 372 g/mol. The number of piperidine rings is 1. The van der Waals surface area contributed by atoms with Crippen molar-refractivity contribution in [3.05, 3.63) is 34.1 Å². The highest BCUT2D eigenvalue weighted by atomic mass is 79.9. The van der Waals surface area contributed by atoms with Gasteiger partial charge in [0.2, 0.25) is 0 Å². The summed E-state index contributed by atoms with van der Waals surface area (Å²) in [5.41, 5.74) is 0.789. The number of benzene rings is 1. The SMILES string of the molecule is CC(C)N1CCC2(CC1)NC(=O)c1cc(Br)ccc1-n1nnnc12. The maximum absolute atomic E-state index is 12.9. The number of aromatic nitrogens is 4. The number of likely N-dealkylation sites (tertiary alicyclic amines) is 1. The quantitative estimate of drug-likeness (QED) is 0.803. The van der Waals surface area contributed by atoms with E-state index in [1.54, 1.807) is 4.68 Å². The van der Waals surface area contributed by atoms with E-state index in [9.17, 15) is 4.79 Å². The normalized spacial score (nSPS) is 19.8. The second-order valence-corrected chi connectivity index (χ2v) is 7.66. The second kappa shape index (κ2) is 5.63. The molecule has 2 aliphatic rings. The summed E-state index contributed by atoms with van der Waals surface area (Å²) < 4.78 is 2.57. The van der Waals surface area contributed by atoms with Crippen LogP contribution in [-0.4, -0.2) is 50.1 Å². The molecule has 1 fully saturated rings. The number of carbonyl (C=O) groups excluding carboxylic acids is 1. The highest BCUT2D eigenvalue weighted by molar-refractivity contribution is 9.10. The summed E-state index contributed by atoms with van der Waals surface area (Å²) in [6.45, 7) is 6.21. The predicted octanol–water partition coefficient (Wildman–Crippen LogP) is 1.87. The average molecular weight is 391 g/mol. The van der Waals surface area contributed by atoms with E-state index in [1.807, 2.05) is 18.2 Å². The zero-order valence-electron chi connectivity index (χ0n) is 13.7. The Morgan fingerprint density at radius 3 is 2.75 bits per heavy atom. The van der Waals surface area contributed by atoms with Crippen molar-refractivity contribution >= 4 is 21.8 Å². The maximum Gasteiger partial charge on any atom is 0.254 e. The highest BCUT2D eigenvalue weighted by Gasteiger charge is 2.45. The third kappa shape index (κ3) is 2.36. The predicted molar refractivity (Wildman–Crippen MR) is 91.9 cm³/mol. The minimum atomic E-state index is -0.516. The molecule has 1 amide bonds. The first-order chi connectivity index (χ1) is 11.5. The molecule has 24 heavy (non-hydrogen) atoms. The Hall–Kier alpha value is -1.80. The van der Waals surface area contributed by atoms with E-state index in [-0.39, 0.29) is 5.91 Å². The number of rotatable bonds is 1. The van der Waals surface area contributed by atoms with Crippen molar-refractivity contribution in [2.24, 2.45) is 0 Å². The van der Waals surface area contributed by atoms with Crippen LogP contribution in [0.25, 0.3) is 5.69 Å². The van der Waals surface area contributed by atoms with Crippen LogP contribution in [0.4, 0.5) is 0 Å². The monoisotopic (exact) mass is 390 g/mol. The molecule has 1 N–H and O–H groups in total. The summed E-state index contributed by atoms with van der Waals surface area (Å²) in [7, 11) is 0. The molecule has 0 unspecified atom stereocenters. The number of carbonyl (C=O) groups is 1. The van der Waals surface area contributed by atoms with E-state index in [1.165, 1.54) is 0 Å². The van der Waals surface area contributed by atoms with E-state index >= 15 is 0 Å². The van der Waals surface area contributed by atoms with Crippen molar-refractivity contribution in [3.63, 3.8) is 0 Å². The topological polar surface area (TPSA) is 75.9 Å². The molecule has 0 atom stereocenters. The van der Waals surface area contributed by atoms with Crippen LogP contribution in [0.15, 0.2) is 22.7 Å². The first-order valence-electron chi connectivity index (χ1n) is 8.15. The van der Waals surface area contributed by atoms with Gasteiger partial charge < -0.3 is 10.2 Å². The van der Waals surface area contributed by atoms with E-state index in [0.29, 0.717) is 11.6 Å². The van der Waals surface area contributed by atoms with Crippen molar-refractivity contribution in [3.8, 4) is 5.69 Å². The van der Waals surface area contributed by atoms with Crippen LogP contribution in [0, 0.1) is 0 Å². The van der Waals surface area contributed by atoms with Gasteiger partial charge >= 0.3 is 0 Å². The highest BCUT2D eigenvalue weighted by Crippen LogP contribution is 2.36. The van der Waals surface area contributed by atoms with Gasteiger partial charge in [-0.15, -0.1) is 5.10 Å². The van der Waals surface area contributed by atoms with Gasteiger partial charge in [0.15, 0.2) is 5.82 Å². The van der Waals surface area contributed by atoms with Crippen molar-refractivity contribution in [1.29, 1.82) is 0 Å². The molecule has 2 aromatic rings. The van der Waals surface area contributed by atoms with Crippen molar-refractivity contribution in [2.75, 3.05) is 13.1 Å². The van der Waals surface area contributed by atoms with Crippen LogP contribution in [0.3, 0.4) is 0 Å². The average Bonchev–Trinajstić information content (AvgIpc) is 3.02. The molecule has 1 spiro atoms. The summed E-state index contributed by atoms with van der Waals surface area (Å²) >= 11 is 3.44. The first-order valence-corrected chi connectivity index (χ1v) is 8.95. The van der Waals surface area contributed by atoms with Gasteiger partial charge in [-0.2, -0.15) is 4.68 Å². The number of halogens is 1. The summed E-state index contributed by atoms with van der Waals surface area (Å²) in [5.74, 6) is 0.636. The molecule has 0 aliphatic carbocycles. The van der Waals surface area contributed by atoms with Crippen molar-refractivity contribution < 1.29 is 4.79 Å². The number of nitrogens with one attached hydrogen (secondary N) is 1. The van der Waals surface area contributed by atoms with Crippen molar-refractivity contribution in [2.45, 2.75) is 38.3 Å². The molecule has 1 aromatic heterocycles. The van der Waals surface area contributed by atoms with Crippen molar-refractivity contribution in [1.82, 2.24) is 30.4 Å². The molecule has 126 valence electrons. The molecule has 0 saturated carbocycles. The summed E-state index contributed by atoms with van der Waals surface area (Å²) in [6, 6.07) is 6.09. The van der Waals surface area contributed by atoms with Crippen LogP contribution in [0.1, 0.15) is 42.9 Å². The fourth-order valence-corrected chi connectivity index (χ4v) is 3.99. The lowest BCUT2D eigenvalue weighted by atomic mass is 9.86. The van der Waals surface area contributed by atoms with Crippen LogP contribution < -0.4 is 5.32 Å². The van der Waals surface area contributed by atoms with Gasteiger partial charge in [-0.1, -0.05) is 15.9 Å². The first kappa shape index (κ1) is 15.7. The van der Waals surface area contributed by atoms with Gasteiger partial charge in [0.1, 0.15) is 5.54 Å². The minimum absolute atomic E-state index is 0.0865. The molecule has 3 heterocycles. The van der Waals surface area contributed by atoms with Crippen LogP contribution in [0.5, 0.6) is 0 Å². The summed E-state index contributed by atoms with van der Waals surface area (Å²) in [4.78, 5) is 15.3. The third-order valence-electron chi connectivity index (χ3n) is 5.06. The molecule has 1 aromatic carbocycles. The number of tetrazole rings is 1. The molecule has 7 nitrogen and oxygen atoms in total. The smallest absolute Gasteiger partial charge is 0.254 e. The van der Waals surface area contributed by atoms with E-state index < -0.39 is 5.54 Å². The fraction of sp³-hybridized carbons (Fsp3) is 0.500. The van der Waals surface area contributed by atoms with Crippen LogP contribution >= 0.6 is 15.9 Å². The maximum atomic E-state index is 12.9. The molecule has 2 aliphatic heterocycles. The van der Waals surface area contributed by atoms with Gasteiger partial charge in [0.25, 0.3) is 5.91 Å². The Balaban J connectivity index is 1.80. The zero-order valence-corrected chi connectivity index (χ0v) is 15.2. The second-order valence-electron chi connectivity index (χ2n) is 6.74. The van der Waals surface area contributed by atoms with Gasteiger partial charge in [-0.25, -0.2) is 0 Å². The van der Waals surface area contributed by atoms with Gasteiger partial charge in [0, 0.05) is 23.6 Å². The molecule has 0 bridgehead atoms. The summed E-state index contributed by atoms with van der Waals surface area (Å²) in [5, 5.41) is 15.5. The Bertz CT molecular complexity index is 794. The Labute approximate surface area is 148 Å². The third-order valence-corrected chi connectivity index (χ3v) is 5.56. The van der Waals surface area contributed by atoms with Gasteiger partial charge in [-0.05, 0) is 55.3 Å². The Morgan fingerprint density at radius 2 is 2.04 bits per heavy atom. The number of fused-ring (bicyclic) bond motifs is 4. The van der Waals surface area contributed by atoms with E-state index in [4.69, 9.17) is 0 Å². The molecule has 8 heteroatoms. The lowest BCUT2D eigenvalue weighted by Gasteiger charge is -2.41. The number of amides is 1. The Morgan fingerprint density at radius 1 is 1.29 bits per heavy atom. The largest absolute Gasteiger partial charge is 0.339 e. The van der Waals surface area contributed by atoms with Crippen LogP contribution in [-0.2, 0) is 5.54 Å². The van der Waals surface area contributed by atoms with Gasteiger partial charge in [-0.3, -0.25) is 4.79 Å². The minimum Gasteiger partial charge on any atom is -0.339 e. The van der Waals surface area contributed by atoms with E-state index in [2.05, 4.69) is 55.5 Å². The van der Waals surface area contributed by atoms with Crippen LogP contribution in [0.2, 0.25) is 0 Å². The molecular formula is C16H19BrN6O. The lowest BCUT2D eigenvalue weighted by molar-refractivity contribution is 0.0747. The number of hydrogen-bond donors (Lipinski definition) is 1. The molecule has 1 saturated heterocycles. The fourth-order valence-electron chi connectivity index (χ4n) is 3.63. The summed E-state index contributed by atoms with van der Waals surface area (Å²) in [6.07, 6.45) is 1.60.